The van der Waals surface area contributed by atoms with E-state index in [-0.39, 0.29) is 37.8 Å². The third-order valence-electron chi connectivity index (χ3n) is 6.28. The van der Waals surface area contributed by atoms with E-state index >= 15 is 0 Å². The fourth-order valence-corrected chi connectivity index (χ4v) is 5.12. The Morgan fingerprint density at radius 1 is 1.03 bits per heavy atom. The van der Waals surface area contributed by atoms with Gasteiger partial charge in [-0.25, -0.2) is 9.78 Å². The molecule has 1 heterocycles. The number of fused-ring (bicyclic) bond motifs is 3. The molecule has 2 atom stereocenters. The molecule has 1 amide bonds. The largest absolute Gasteiger partial charge is 0.469 e. The van der Waals surface area contributed by atoms with Crippen LogP contribution in [0, 0.1) is 5.92 Å². The van der Waals surface area contributed by atoms with Gasteiger partial charge in [-0.2, -0.15) is 0 Å². The number of nitrogens with one attached hydrogen (secondary N) is 1. The van der Waals surface area contributed by atoms with Crippen molar-refractivity contribution in [2.75, 3.05) is 27.4 Å². The van der Waals surface area contributed by atoms with E-state index in [0.717, 1.165) is 22.3 Å². The first kappa shape index (κ1) is 25.5. The summed E-state index contributed by atoms with van der Waals surface area (Å²) in [7, 11) is 2.72. The van der Waals surface area contributed by atoms with Crippen LogP contribution < -0.4 is 5.32 Å². The second kappa shape index (κ2) is 11.9. The number of hydrogen-bond acceptors (Lipinski definition) is 8. The normalized spacial score (nSPS) is 13.8. The van der Waals surface area contributed by atoms with Crippen molar-refractivity contribution in [2.24, 2.45) is 5.92 Å². The van der Waals surface area contributed by atoms with Crippen LogP contribution in [-0.4, -0.2) is 56.3 Å². The second-order valence-corrected chi connectivity index (χ2v) is 9.27. The van der Waals surface area contributed by atoms with E-state index in [1.165, 1.54) is 25.6 Å². The number of benzene rings is 2. The van der Waals surface area contributed by atoms with Crippen LogP contribution in [0.4, 0.5) is 4.79 Å². The maximum absolute atomic E-state index is 13.0. The maximum atomic E-state index is 13.0. The number of esters is 1. The molecule has 0 saturated carbocycles. The van der Waals surface area contributed by atoms with Crippen LogP contribution in [0.1, 0.15) is 29.2 Å². The summed E-state index contributed by atoms with van der Waals surface area (Å²) in [6.07, 6.45) is -0.574. The van der Waals surface area contributed by atoms with Gasteiger partial charge in [-0.15, -0.1) is 11.3 Å². The molecule has 1 N–H and O–H groups in total. The average molecular weight is 509 g/mol. The molecule has 1 aliphatic carbocycles. The molecule has 0 spiro atoms. The number of thiazole rings is 1. The Morgan fingerprint density at radius 3 is 2.28 bits per heavy atom. The summed E-state index contributed by atoms with van der Waals surface area (Å²) < 4.78 is 15.6. The standard InChI is InChI=1S/C27H28N2O6S/c1-33-14-24(25(30)12-17(26(31)34-2)11-18-15-36-16-28-18)29-27(32)35-13-23-21-9-5-3-7-19(21)20-8-4-6-10-22(20)23/h3-10,15-17,23-24H,11-14H2,1-2H3,(H,29,32)/t17-,24+/m1/s1. The zero-order chi connectivity index (χ0) is 25.5. The highest BCUT2D eigenvalue weighted by Gasteiger charge is 2.31. The molecule has 0 fully saturated rings. The number of amides is 1. The molecule has 0 unspecified atom stereocenters. The van der Waals surface area contributed by atoms with Crippen LogP contribution in [0.15, 0.2) is 59.4 Å². The Morgan fingerprint density at radius 2 is 1.69 bits per heavy atom. The van der Waals surface area contributed by atoms with E-state index in [9.17, 15) is 14.4 Å². The summed E-state index contributed by atoms with van der Waals surface area (Å²) in [5.41, 5.74) is 6.82. The predicted octanol–water partition coefficient (Wildman–Crippen LogP) is 3.99. The molecule has 8 nitrogen and oxygen atoms in total. The summed E-state index contributed by atoms with van der Waals surface area (Å²) in [5, 5.41) is 4.43. The molecule has 0 saturated heterocycles. The fourth-order valence-electron chi connectivity index (χ4n) is 4.55. The van der Waals surface area contributed by atoms with Gasteiger partial charge in [0.25, 0.3) is 0 Å². The zero-order valence-electron chi connectivity index (χ0n) is 20.1. The lowest BCUT2D eigenvalue weighted by Gasteiger charge is -2.20. The molecule has 1 aromatic heterocycles. The minimum absolute atomic E-state index is 0.0480. The SMILES string of the molecule is COC[C@H](NC(=O)OCC1c2ccccc2-c2ccccc21)C(=O)C[C@@H](Cc1cscn1)C(=O)OC. The number of nitrogens with zero attached hydrogens (tertiary/aromatic N) is 1. The summed E-state index contributed by atoms with van der Waals surface area (Å²) in [5.74, 6) is -1.67. The average Bonchev–Trinajstić information content (AvgIpc) is 3.52. The molecule has 9 heteroatoms. The summed E-state index contributed by atoms with van der Waals surface area (Å²) in [6.45, 7) is 0.0794. The highest BCUT2D eigenvalue weighted by atomic mass is 32.1. The van der Waals surface area contributed by atoms with Gasteiger partial charge in [-0.1, -0.05) is 48.5 Å². The number of ketones is 1. The second-order valence-electron chi connectivity index (χ2n) is 8.55. The van der Waals surface area contributed by atoms with E-state index in [1.54, 1.807) is 5.51 Å². The van der Waals surface area contributed by atoms with Gasteiger partial charge in [0.15, 0.2) is 5.78 Å². The van der Waals surface area contributed by atoms with Crippen LogP contribution in [0.25, 0.3) is 11.1 Å². The first-order valence-electron chi connectivity index (χ1n) is 11.6. The summed E-state index contributed by atoms with van der Waals surface area (Å²) >= 11 is 1.41. The first-order chi connectivity index (χ1) is 17.5. The van der Waals surface area contributed by atoms with E-state index in [2.05, 4.69) is 22.4 Å². The summed E-state index contributed by atoms with van der Waals surface area (Å²) in [6, 6.07) is 15.1. The molecule has 3 aromatic rings. The number of Topliss-reactive ketones (excluding diaryl/α,β-unsaturated/α-hetero) is 1. The molecule has 1 aliphatic rings. The number of alkyl carbamates (subject to hydrolysis) is 1. The molecule has 0 aliphatic heterocycles. The van der Waals surface area contributed by atoms with Gasteiger partial charge in [0.1, 0.15) is 12.6 Å². The van der Waals surface area contributed by atoms with Crippen molar-refractivity contribution in [2.45, 2.75) is 24.8 Å². The lowest BCUT2D eigenvalue weighted by molar-refractivity contribution is -0.147. The highest BCUT2D eigenvalue weighted by Crippen LogP contribution is 2.44. The lowest BCUT2D eigenvalue weighted by atomic mass is 9.94. The molecule has 188 valence electrons. The van der Waals surface area contributed by atoms with Gasteiger partial charge in [-0.05, 0) is 22.3 Å². The van der Waals surface area contributed by atoms with Crippen molar-refractivity contribution in [1.82, 2.24) is 10.3 Å². The molecule has 36 heavy (non-hydrogen) atoms. The first-order valence-corrected chi connectivity index (χ1v) is 12.5. The Bertz CT molecular complexity index is 1170. The minimum Gasteiger partial charge on any atom is -0.469 e. The minimum atomic E-state index is -0.965. The van der Waals surface area contributed by atoms with Crippen molar-refractivity contribution < 1.29 is 28.6 Å². The van der Waals surface area contributed by atoms with Gasteiger partial charge in [0.05, 0.1) is 30.8 Å². The Balaban J connectivity index is 1.39. The molecule has 4 rings (SSSR count). The lowest BCUT2D eigenvalue weighted by Crippen LogP contribution is -2.45. The van der Waals surface area contributed by atoms with Crippen molar-refractivity contribution in [3.05, 3.63) is 76.2 Å². The smallest absolute Gasteiger partial charge is 0.407 e. The quantitative estimate of drug-likeness (QED) is 0.391. The van der Waals surface area contributed by atoms with Crippen LogP contribution in [-0.2, 0) is 30.2 Å². The highest BCUT2D eigenvalue weighted by molar-refractivity contribution is 7.07. The van der Waals surface area contributed by atoms with E-state index in [4.69, 9.17) is 14.2 Å². The van der Waals surface area contributed by atoms with Crippen molar-refractivity contribution in [1.29, 1.82) is 0 Å². The van der Waals surface area contributed by atoms with Crippen molar-refractivity contribution in [3.63, 3.8) is 0 Å². The van der Waals surface area contributed by atoms with Crippen LogP contribution in [0.5, 0.6) is 0 Å². The number of methoxy groups -OCH3 is 2. The van der Waals surface area contributed by atoms with Gasteiger partial charge in [0, 0.05) is 31.2 Å². The van der Waals surface area contributed by atoms with Crippen LogP contribution >= 0.6 is 11.3 Å². The van der Waals surface area contributed by atoms with Crippen LogP contribution in [0.2, 0.25) is 0 Å². The van der Waals surface area contributed by atoms with Gasteiger partial charge in [0.2, 0.25) is 0 Å². The molecular weight excluding hydrogens is 480 g/mol. The van der Waals surface area contributed by atoms with Crippen molar-refractivity contribution in [3.8, 4) is 11.1 Å². The molecular formula is C27H28N2O6S. The fraction of sp³-hybridized carbons (Fsp3) is 0.333. The number of carbonyl (C=O) groups excluding carboxylic acids is 3. The predicted molar refractivity (Wildman–Crippen MR) is 135 cm³/mol. The molecule has 0 bridgehead atoms. The topological polar surface area (TPSA) is 104 Å². The number of hydrogen-bond donors (Lipinski definition) is 1. The number of carbonyl (C=O) groups is 3. The maximum Gasteiger partial charge on any atom is 0.407 e. The molecule has 0 radical (unpaired) electrons. The number of ether oxygens (including phenoxy) is 3. The van der Waals surface area contributed by atoms with Gasteiger partial charge in [-0.3, -0.25) is 9.59 Å². The van der Waals surface area contributed by atoms with E-state index in [0.29, 0.717) is 5.69 Å². The van der Waals surface area contributed by atoms with E-state index in [1.807, 2.05) is 41.8 Å². The Kier molecular flexibility index (Phi) is 8.45. The van der Waals surface area contributed by atoms with Crippen LogP contribution in [0.3, 0.4) is 0 Å². The molecule has 2 aromatic carbocycles. The Labute approximate surface area is 213 Å². The van der Waals surface area contributed by atoms with Crippen molar-refractivity contribution >= 4 is 29.2 Å². The summed E-state index contributed by atoms with van der Waals surface area (Å²) in [4.78, 5) is 42.2. The Hall–Kier alpha value is -3.56. The zero-order valence-corrected chi connectivity index (χ0v) is 21.0. The van der Waals surface area contributed by atoms with Gasteiger partial charge < -0.3 is 19.5 Å². The third kappa shape index (κ3) is 5.80. The number of aromatic nitrogens is 1. The third-order valence-corrected chi connectivity index (χ3v) is 6.91. The van der Waals surface area contributed by atoms with E-state index < -0.39 is 24.0 Å². The number of rotatable bonds is 11. The monoisotopic (exact) mass is 508 g/mol. The van der Waals surface area contributed by atoms with Gasteiger partial charge >= 0.3 is 12.1 Å².